The number of amides is 1. The van der Waals surface area contributed by atoms with Crippen LogP contribution in [0.25, 0.3) is 10.1 Å². The van der Waals surface area contributed by atoms with Crippen molar-refractivity contribution in [2.75, 3.05) is 18.8 Å². The number of likely N-dealkylation sites (tertiary alicyclic amines) is 1. The minimum atomic E-state index is -3.11. The van der Waals surface area contributed by atoms with Crippen molar-refractivity contribution in [3.63, 3.8) is 0 Å². The molecule has 0 unspecified atom stereocenters. The summed E-state index contributed by atoms with van der Waals surface area (Å²) in [7, 11) is -3.11. The molecule has 1 aliphatic rings. The quantitative estimate of drug-likeness (QED) is 0.763. The number of hydrogen-bond donors (Lipinski definition) is 0. The molecule has 2 heterocycles. The van der Waals surface area contributed by atoms with Gasteiger partial charge in [0.05, 0.1) is 16.9 Å². The Labute approximate surface area is 166 Å². The molecule has 1 aromatic carbocycles. The van der Waals surface area contributed by atoms with Crippen LogP contribution in [0.1, 0.15) is 44.7 Å². The van der Waals surface area contributed by atoms with Crippen molar-refractivity contribution >= 4 is 37.2 Å². The molecular formula is C21H29NO3S2. The fraction of sp³-hybridized carbons (Fsp3) is 0.571. The highest BCUT2D eigenvalue weighted by Gasteiger charge is 2.33. The summed E-state index contributed by atoms with van der Waals surface area (Å²) in [4.78, 5) is 14.7. The second-order valence-corrected chi connectivity index (χ2v) is 12.3. The molecule has 0 N–H and O–H groups in total. The van der Waals surface area contributed by atoms with Crippen LogP contribution < -0.4 is 0 Å². The average Bonchev–Trinajstić information content (AvgIpc) is 3.06. The molecule has 4 nitrogen and oxygen atoms in total. The van der Waals surface area contributed by atoms with Crippen molar-refractivity contribution < 1.29 is 13.2 Å². The fourth-order valence-corrected chi connectivity index (χ4v) is 5.98. The van der Waals surface area contributed by atoms with Gasteiger partial charge in [0.25, 0.3) is 0 Å². The molecule has 1 aromatic heterocycles. The highest BCUT2D eigenvalue weighted by atomic mass is 32.2. The Morgan fingerprint density at radius 3 is 2.48 bits per heavy atom. The summed E-state index contributed by atoms with van der Waals surface area (Å²) in [6.45, 7) is 8.67. The number of carbonyl (C=O) groups excluding carboxylic acids is 1. The Bertz CT molecular complexity index is 930. The molecule has 6 heteroatoms. The zero-order valence-electron chi connectivity index (χ0n) is 16.6. The molecule has 1 amide bonds. The third-order valence-corrected chi connectivity index (χ3v) is 9.51. The number of carbonyl (C=O) groups is 1. The Kier molecular flexibility index (Phi) is 5.69. The first-order valence-electron chi connectivity index (χ1n) is 9.54. The van der Waals surface area contributed by atoms with Gasteiger partial charge in [0, 0.05) is 17.8 Å². The third-order valence-electron chi connectivity index (χ3n) is 5.68. The van der Waals surface area contributed by atoms with Gasteiger partial charge in [0.2, 0.25) is 5.91 Å². The lowest BCUT2D eigenvalue weighted by Gasteiger charge is -2.33. The molecule has 0 spiro atoms. The van der Waals surface area contributed by atoms with Gasteiger partial charge in [0.15, 0.2) is 9.84 Å². The van der Waals surface area contributed by atoms with Crippen LogP contribution in [-0.4, -0.2) is 42.8 Å². The number of sulfone groups is 1. The first-order valence-corrected chi connectivity index (χ1v) is 12.1. The van der Waals surface area contributed by atoms with Crippen LogP contribution in [0.15, 0.2) is 23.6 Å². The van der Waals surface area contributed by atoms with Crippen molar-refractivity contribution in [1.82, 2.24) is 4.90 Å². The summed E-state index contributed by atoms with van der Waals surface area (Å²) in [5, 5.41) is 3.31. The van der Waals surface area contributed by atoms with Gasteiger partial charge in [-0.25, -0.2) is 8.42 Å². The average molecular weight is 408 g/mol. The Morgan fingerprint density at radius 2 is 1.85 bits per heavy atom. The van der Waals surface area contributed by atoms with Crippen LogP contribution in [0.5, 0.6) is 0 Å². The molecule has 0 bridgehead atoms. The van der Waals surface area contributed by atoms with Crippen LogP contribution in [0.4, 0.5) is 0 Å². The summed E-state index contributed by atoms with van der Waals surface area (Å²) >= 11 is 1.72. The molecule has 2 aromatic rings. The van der Waals surface area contributed by atoms with Crippen LogP contribution in [0.2, 0.25) is 0 Å². The number of aryl methyl sites for hydroxylation is 1. The molecule has 148 valence electrons. The van der Waals surface area contributed by atoms with E-state index in [0.717, 1.165) is 18.4 Å². The van der Waals surface area contributed by atoms with E-state index >= 15 is 0 Å². The standard InChI is InChI=1S/C21H29NO3S2/c1-15-18(6-5-17-9-12-26-20(15)17)13-19(23)22-10-7-16(8-11-22)14-27(24,25)21(2,3)4/h5-6,9,12,16H,7-8,10-11,13-14H2,1-4H3. The van der Waals surface area contributed by atoms with Gasteiger partial charge in [-0.15, -0.1) is 11.3 Å². The molecular weight excluding hydrogens is 378 g/mol. The zero-order valence-corrected chi connectivity index (χ0v) is 18.3. The SMILES string of the molecule is Cc1c(CC(=O)N2CCC(CS(=O)(=O)C(C)(C)C)CC2)ccc2ccsc12. The minimum Gasteiger partial charge on any atom is -0.342 e. The van der Waals surface area contributed by atoms with Crippen LogP contribution in [-0.2, 0) is 21.1 Å². The van der Waals surface area contributed by atoms with Crippen molar-refractivity contribution in [2.24, 2.45) is 5.92 Å². The predicted molar refractivity (Wildman–Crippen MR) is 113 cm³/mol. The van der Waals surface area contributed by atoms with Gasteiger partial charge in [0.1, 0.15) is 0 Å². The number of piperidine rings is 1. The van der Waals surface area contributed by atoms with Crippen LogP contribution in [0, 0.1) is 12.8 Å². The molecule has 0 aliphatic carbocycles. The highest BCUT2D eigenvalue weighted by molar-refractivity contribution is 7.92. The van der Waals surface area contributed by atoms with E-state index < -0.39 is 14.6 Å². The normalized spacial score (nSPS) is 16.8. The lowest BCUT2D eigenvalue weighted by Crippen LogP contribution is -2.42. The topological polar surface area (TPSA) is 54.5 Å². The Hall–Kier alpha value is -1.40. The predicted octanol–water partition coefficient (Wildman–Crippen LogP) is 4.20. The second kappa shape index (κ2) is 7.55. The lowest BCUT2D eigenvalue weighted by molar-refractivity contribution is -0.131. The molecule has 3 rings (SSSR count). The van der Waals surface area contributed by atoms with Crippen molar-refractivity contribution in [3.05, 3.63) is 34.7 Å². The summed E-state index contributed by atoms with van der Waals surface area (Å²) in [5.74, 6) is 0.528. The first kappa shape index (κ1) is 20.3. The van der Waals surface area contributed by atoms with Gasteiger partial charge < -0.3 is 4.90 Å². The molecule has 0 radical (unpaired) electrons. The highest BCUT2D eigenvalue weighted by Crippen LogP contribution is 2.28. The molecule has 27 heavy (non-hydrogen) atoms. The van der Waals surface area contributed by atoms with E-state index in [1.807, 2.05) is 4.90 Å². The molecule has 1 fully saturated rings. The number of hydrogen-bond acceptors (Lipinski definition) is 4. The van der Waals surface area contributed by atoms with Crippen LogP contribution >= 0.6 is 11.3 Å². The Morgan fingerprint density at radius 1 is 1.19 bits per heavy atom. The largest absolute Gasteiger partial charge is 0.342 e. The zero-order chi connectivity index (χ0) is 19.8. The van der Waals surface area contributed by atoms with Gasteiger partial charge >= 0.3 is 0 Å². The van der Waals surface area contributed by atoms with E-state index in [-0.39, 0.29) is 17.6 Å². The van der Waals surface area contributed by atoms with E-state index in [2.05, 4.69) is 30.5 Å². The lowest BCUT2D eigenvalue weighted by atomic mass is 9.97. The van der Waals surface area contributed by atoms with E-state index in [1.54, 1.807) is 32.1 Å². The number of benzene rings is 1. The maximum absolute atomic E-state index is 12.8. The van der Waals surface area contributed by atoms with Gasteiger partial charge in [-0.3, -0.25) is 4.79 Å². The van der Waals surface area contributed by atoms with E-state index in [9.17, 15) is 13.2 Å². The fourth-order valence-electron chi connectivity index (χ4n) is 3.59. The van der Waals surface area contributed by atoms with Crippen molar-refractivity contribution in [1.29, 1.82) is 0 Å². The Balaban J connectivity index is 1.59. The smallest absolute Gasteiger partial charge is 0.227 e. The van der Waals surface area contributed by atoms with E-state index in [0.29, 0.717) is 19.5 Å². The van der Waals surface area contributed by atoms with Crippen molar-refractivity contribution in [2.45, 2.75) is 51.7 Å². The van der Waals surface area contributed by atoms with E-state index in [4.69, 9.17) is 0 Å². The molecule has 1 aliphatic heterocycles. The number of nitrogens with zero attached hydrogens (tertiary/aromatic N) is 1. The summed E-state index contributed by atoms with van der Waals surface area (Å²) in [6.07, 6.45) is 1.96. The van der Waals surface area contributed by atoms with Crippen LogP contribution in [0.3, 0.4) is 0 Å². The maximum Gasteiger partial charge on any atom is 0.227 e. The van der Waals surface area contributed by atoms with Crippen molar-refractivity contribution in [3.8, 4) is 0 Å². The van der Waals surface area contributed by atoms with Gasteiger partial charge in [-0.05, 0) is 74.4 Å². The number of rotatable bonds is 4. The van der Waals surface area contributed by atoms with E-state index in [1.165, 1.54) is 15.6 Å². The summed E-state index contributed by atoms with van der Waals surface area (Å²) in [6, 6.07) is 6.25. The number of fused-ring (bicyclic) bond motifs is 1. The summed E-state index contributed by atoms with van der Waals surface area (Å²) in [5.41, 5.74) is 2.29. The maximum atomic E-state index is 12.8. The van der Waals surface area contributed by atoms with Gasteiger partial charge in [-0.2, -0.15) is 0 Å². The monoisotopic (exact) mass is 407 g/mol. The molecule has 1 saturated heterocycles. The number of thiophene rings is 1. The third kappa shape index (κ3) is 4.37. The minimum absolute atomic E-state index is 0.145. The summed E-state index contributed by atoms with van der Waals surface area (Å²) < 4.78 is 25.4. The second-order valence-electron chi connectivity index (χ2n) is 8.58. The van der Waals surface area contributed by atoms with Gasteiger partial charge in [-0.1, -0.05) is 12.1 Å². The molecule has 0 saturated carbocycles. The molecule has 0 atom stereocenters. The first-order chi connectivity index (χ1) is 12.6.